The number of aromatic nitrogens is 2. The highest BCUT2D eigenvalue weighted by Crippen LogP contribution is 2.38. The predicted molar refractivity (Wildman–Crippen MR) is 136 cm³/mol. The Morgan fingerprint density at radius 3 is 2.56 bits per heavy atom. The van der Waals surface area contributed by atoms with Crippen molar-refractivity contribution in [2.45, 2.75) is 13.0 Å². The maximum Gasteiger partial charge on any atom is 0.233 e. The molecular weight excluding hydrogens is 446 g/mol. The number of benzene rings is 3. The van der Waals surface area contributed by atoms with Gasteiger partial charge in [-0.05, 0) is 28.0 Å². The van der Waals surface area contributed by atoms with E-state index in [1.54, 1.807) is 31.5 Å². The summed E-state index contributed by atoms with van der Waals surface area (Å²) in [5.41, 5.74) is 2.68. The molecule has 0 saturated heterocycles. The van der Waals surface area contributed by atoms with E-state index in [2.05, 4.69) is 23.2 Å². The number of methoxy groups -OCH3 is 2. The highest BCUT2D eigenvalue weighted by atomic mass is 32.1. The van der Waals surface area contributed by atoms with Gasteiger partial charge in [-0.15, -0.1) is 0 Å². The number of ether oxygens (including phenoxy) is 2. The minimum absolute atomic E-state index is 0.0295. The molecule has 0 bridgehead atoms. The lowest BCUT2D eigenvalue weighted by Crippen LogP contribution is -2.31. The number of thiazole rings is 1. The summed E-state index contributed by atoms with van der Waals surface area (Å²) in [6, 6.07) is 21.8. The summed E-state index contributed by atoms with van der Waals surface area (Å²) in [6.07, 6.45) is 3.77. The summed E-state index contributed by atoms with van der Waals surface area (Å²) in [5, 5.41) is 2.82. The molecule has 0 fully saturated rings. The van der Waals surface area contributed by atoms with Crippen molar-refractivity contribution in [1.82, 2.24) is 9.97 Å². The van der Waals surface area contributed by atoms with Crippen LogP contribution < -0.4 is 14.4 Å². The molecule has 0 saturated carbocycles. The van der Waals surface area contributed by atoms with Crippen LogP contribution in [0.15, 0.2) is 79.1 Å². The van der Waals surface area contributed by atoms with Crippen molar-refractivity contribution >= 4 is 43.4 Å². The average Bonchev–Trinajstić information content (AvgIpc) is 3.29. The monoisotopic (exact) mass is 469 g/mol. The molecule has 1 amide bonds. The Balaban J connectivity index is 1.54. The summed E-state index contributed by atoms with van der Waals surface area (Å²) >= 11 is 1.45. The third-order valence-electron chi connectivity index (χ3n) is 5.70. The Bertz CT molecular complexity index is 1420. The minimum Gasteiger partial charge on any atom is -0.493 e. The van der Waals surface area contributed by atoms with Gasteiger partial charge in [0.2, 0.25) is 5.91 Å². The first kappa shape index (κ1) is 21.9. The van der Waals surface area contributed by atoms with Crippen molar-refractivity contribution in [1.29, 1.82) is 0 Å². The zero-order valence-corrected chi connectivity index (χ0v) is 19.7. The zero-order valence-electron chi connectivity index (χ0n) is 18.9. The molecule has 0 radical (unpaired) electrons. The summed E-state index contributed by atoms with van der Waals surface area (Å²) in [6.45, 7) is 0.380. The highest BCUT2D eigenvalue weighted by Gasteiger charge is 2.22. The molecule has 3 aromatic carbocycles. The zero-order chi connectivity index (χ0) is 23.5. The van der Waals surface area contributed by atoms with E-state index in [1.165, 1.54) is 11.3 Å². The summed E-state index contributed by atoms with van der Waals surface area (Å²) < 4.78 is 11.8. The van der Waals surface area contributed by atoms with Crippen molar-refractivity contribution in [3.63, 3.8) is 0 Å². The molecule has 0 spiro atoms. The van der Waals surface area contributed by atoms with Crippen molar-refractivity contribution < 1.29 is 14.3 Å². The van der Waals surface area contributed by atoms with Crippen LogP contribution >= 0.6 is 11.3 Å². The van der Waals surface area contributed by atoms with E-state index in [9.17, 15) is 4.79 Å². The maximum absolute atomic E-state index is 13.7. The molecule has 6 nitrogen and oxygen atoms in total. The van der Waals surface area contributed by atoms with Gasteiger partial charge >= 0.3 is 0 Å². The van der Waals surface area contributed by atoms with Gasteiger partial charge in [0.25, 0.3) is 0 Å². The second-order valence-corrected chi connectivity index (χ2v) is 8.84. The van der Waals surface area contributed by atoms with E-state index in [1.807, 2.05) is 48.5 Å². The van der Waals surface area contributed by atoms with E-state index in [-0.39, 0.29) is 12.3 Å². The Labute approximate surface area is 201 Å². The van der Waals surface area contributed by atoms with Gasteiger partial charge in [-0.1, -0.05) is 59.9 Å². The first-order valence-electron chi connectivity index (χ1n) is 10.8. The van der Waals surface area contributed by atoms with Gasteiger partial charge in [-0.25, -0.2) is 4.98 Å². The van der Waals surface area contributed by atoms with E-state index < -0.39 is 0 Å². The third-order valence-corrected chi connectivity index (χ3v) is 6.74. The summed E-state index contributed by atoms with van der Waals surface area (Å²) in [5.74, 6) is 1.21. The number of hydrogen-bond acceptors (Lipinski definition) is 6. The van der Waals surface area contributed by atoms with Gasteiger partial charge in [-0.3, -0.25) is 14.7 Å². The van der Waals surface area contributed by atoms with Crippen molar-refractivity contribution in [3.8, 4) is 11.5 Å². The molecule has 170 valence electrons. The quantitative estimate of drug-likeness (QED) is 0.309. The normalized spacial score (nSPS) is 11.0. The van der Waals surface area contributed by atoms with Gasteiger partial charge in [0.05, 0.1) is 37.4 Å². The molecule has 5 aromatic rings. The Kier molecular flexibility index (Phi) is 6.10. The fourth-order valence-corrected chi connectivity index (χ4v) is 4.99. The molecular formula is C27H23N3O3S. The lowest BCUT2D eigenvalue weighted by molar-refractivity contribution is -0.118. The van der Waals surface area contributed by atoms with E-state index in [4.69, 9.17) is 14.5 Å². The van der Waals surface area contributed by atoms with Crippen LogP contribution in [-0.2, 0) is 17.8 Å². The number of nitrogens with zero attached hydrogens (tertiary/aromatic N) is 3. The van der Waals surface area contributed by atoms with Crippen molar-refractivity contribution in [3.05, 3.63) is 90.3 Å². The summed E-state index contributed by atoms with van der Waals surface area (Å²) in [4.78, 5) is 24.4. The van der Waals surface area contributed by atoms with Crippen LogP contribution in [0.2, 0.25) is 0 Å². The molecule has 34 heavy (non-hydrogen) atoms. The first-order chi connectivity index (χ1) is 16.7. The standard InChI is InChI=1S/C27H23N3O3S/c1-32-23-14-22-25(15-24(23)33-2)34-27(29-22)30(17-18-7-6-12-28-16-18)26(31)13-20-10-5-9-19-8-3-4-11-21(19)20/h3-12,14-16H,13,17H2,1-2H3. The van der Waals surface area contributed by atoms with E-state index in [0.29, 0.717) is 23.2 Å². The Hall–Kier alpha value is -3.97. The lowest BCUT2D eigenvalue weighted by Gasteiger charge is -2.20. The molecule has 2 heterocycles. The number of fused-ring (bicyclic) bond motifs is 2. The number of amides is 1. The van der Waals surface area contributed by atoms with Crippen LogP contribution in [0, 0.1) is 0 Å². The number of carbonyl (C=O) groups excluding carboxylic acids is 1. The van der Waals surface area contributed by atoms with Crippen LogP contribution in [-0.4, -0.2) is 30.1 Å². The highest BCUT2D eigenvalue weighted by molar-refractivity contribution is 7.22. The fourth-order valence-electron chi connectivity index (χ4n) is 4.00. The number of carbonyl (C=O) groups is 1. The van der Waals surface area contributed by atoms with Crippen LogP contribution in [0.5, 0.6) is 11.5 Å². The summed E-state index contributed by atoms with van der Waals surface area (Å²) in [7, 11) is 3.20. The molecule has 0 unspecified atom stereocenters. The maximum atomic E-state index is 13.7. The second-order valence-electron chi connectivity index (χ2n) is 7.83. The van der Waals surface area contributed by atoms with Crippen LogP contribution in [0.3, 0.4) is 0 Å². The smallest absolute Gasteiger partial charge is 0.233 e. The minimum atomic E-state index is -0.0295. The topological polar surface area (TPSA) is 64.5 Å². The molecule has 0 N–H and O–H groups in total. The van der Waals surface area contributed by atoms with Gasteiger partial charge in [0.1, 0.15) is 0 Å². The van der Waals surface area contributed by atoms with E-state index >= 15 is 0 Å². The predicted octanol–water partition coefficient (Wildman–Crippen LogP) is 5.64. The first-order valence-corrected chi connectivity index (χ1v) is 11.7. The molecule has 0 atom stereocenters. The molecule has 5 rings (SSSR count). The number of rotatable bonds is 7. The Morgan fingerprint density at radius 1 is 0.971 bits per heavy atom. The molecule has 2 aromatic heterocycles. The van der Waals surface area contributed by atoms with Crippen LogP contribution in [0.1, 0.15) is 11.1 Å². The van der Waals surface area contributed by atoms with Gasteiger partial charge < -0.3 is 9.47 Å². The molecule has 0 aliphatic carbocycles. The van der Waals surface area contributed by atoms with Gasteiger partial charge in [0.15, 0.2) is 16.6 Å². The number of pyridine rings is 1. The third kappa shape index (κ3) is 4.30. The average molecular weight is 470 g/mol. The molecule has 0 aliphatic heterocycles. The SMILES string of the molecule is COc1cc2nc(N(Cc3cccnc3)C(=O)Cc3cccc4ccccc34)sc2cc1OC. The lowest BCUT2D eigenvalue weighted by atomic mass is 10.0. The second kappa shape index (κ2) is 9.49. The van der Waals surface area contributed by atoms with Crippen LogP contribution in [0.4, 0.5) is 5.13 Å². The van der Waals surface area contributed by atoms with Crippen LogP contribution in [0.25, 0.3) is 21.0 Å². The van der Waals surface area contributed by atoms with Crippen molar-refractivity contribution in [2.24, 2.45) is 0 Å². The fraction of sp³-hybridized carbons (Fsp3) is 0.148. The number of anilines is 1. The largest absolute Gasteiger partial charge is 0.493 e. The van der Waals surface area contributed by atoms with Crippen molar-refractivity contribution in [2.75, 3.05) is 19.1 Å². The molecule has 7 heteroatoms. The van der Waals surface area contributed by atoms with Gasteiger partial charge in [0, 0.05) is 24.5 Å². The molecule has 0 aliphatic rings. The number of hydrogen-bond donors (Lipinski definition) is 0. The Morgan fingerprint density at radius 2 is 1.76 bits per heavy atom. The van der Waals surface area contributed by atoms with Gasteiger partial charge in [-0.2, -0.15) is 0 Å². The van der Waals surface area contributed by atoms with E-state index in [0.717, 1.165) is 32.1 Å².